The maximum absolute atomic E-state index is 13.4. The Morgan fingerprint density at radius 2 is 2.03 bits per heavy atom. The number of pyridine rings is 1. The number of alkyl carbamates (subject to hydrolysis) is 1. The van der Waals surface area contributed by atoms with Crippen LogP contribution in [0.4, 0.5) is 4.79 Å². The first kappa shape index (κ1) is 27.3. The summed E-state index contributed by atoms with van der Waals surface area (Å²) in [6.07, 6.45) is 6.05. The van der Waals surface area contributed by atoms with E-state index in [2.05, 4.69) is 17.2 Å². The second-order valence-corrected chi connectivity index (χ2v) is 11.5. The van der Waals surface area contributed by atoms with Crippen LogP contribution in [0.2, 0.25) is 0 Å². The van der Waals surface area contributed by atoms with Crippen LogP contribution in [0, 0.1) is 6.92 Å². The summed E-state index contributed by atoms with van der Waals surface area (Å²) >= 11 is 1.49. The average Bonchev–Trinajstić information content (AvgIpc) is 3.26. The molecular formula is C26H38N2O6S. The molecule has 1 fully saturated rings. The van der Waals surface area contributed by atoms with Crippen molar-refractivity contribution in [3.63, 3.8) is 0 Å². The molecule has 1 N–H and O–H groups in total. The van der Waals surface area contributed by atoms with Gasteiger partial charge in [0.15, 0.2) is 5.60 Å². The molecule has 3 heterocycles. The summed E-state index contributed by atoms with van der Waals surface area (Å²) in [6.45, 7) is 12.8. The van der Waals surface area contributed by atoms with E-state index in [1.54, 1.807) is 40.8 Å². The number of hydrogen-bond acceptors (Lipinski definition) is 8. The third-order valence-corrected chi connectivity index (χ3v) is 6.44. The summed E-state index contributed by atoms with van der Waals surface area (Å²) in [5, 5.41) is 3.72. The number of carbonyl (C=O) groups excluding carboxylic acids is 2. The fourth-order valence-electron chi connectivity index (χ4n) is 4.28. The molecule has 2 aromatic heterocycles. The number of fused-ring (bicyclic) bond motifs is 1. The predicted octanol–water partition coefficient (Wildman–Crippen LogP) is 5.33. The van der Waals surface area contributed by atoms with Crippen molar-refractivity contribution in [3.05, 3.63) is 29.3 Å². The number of thioether (sulfide) groups is 1. The van der Waals surface area contributed by atoms with Crippen LogP contribution in [0.3, 0.4) is 0 Å². The minimum absolute atomic E-state index is 0.111. The van der Waals surface area contributed by atoms with E-state index >= 15 is 0 Å². The number of ether oxygens (including phenoxy) is 3. The van der Waals surface area contributed by atoms with Crippen molar-refractivity contribution in [1.82, 2.24) is 10.3 Å². The molecule has 8 nitrogen and oxygen atoms in total. The molecule has 2 aromatic rings. The lowest BCUT2D eigenvalue weighted by Crippen LogP contribution is -2.60. The largest absolute Gasteiger partial charge is 0.461 e. The van der Waals surface area contributed by atoms with Gasteiger partial charge >= 0.3 is 12.1 Å². The molecule has 0 bridgehead atoms. The van der Waals surface area contributed by atoms with Crippen LogP contribution < -0.4 is 5.32 Å². The molecule has 0 saturated carbocycles. The van der Waals surface area contributed by atoms with Gasteiger partial charge in [-0.3, -0.25) is 4.98 Å². The highest BCUT2D eigenvalue weighted by atomic mass is 32.2. The minimum atomic E-state index is -1.49. The standard InChI is InChI=1S/C26H38N2O6S/c1-9-10-11-17-12-18-19(27-14-16(2)21(18)31-17)13-26(22(29)32-25(6,7)34-26)20(15-35-8)28-23(30)33-24(3,4)5/h12,14,20H,9-11,13,15H2,1-8H3,(H,28,30)/t20-,26+/m0/s1. The van der Waals surface area contributed by atoms with Gasteiger partial charge in [-0.2, -0.15) is 11.8 Å². The molecule has 1 aliphatic rings. The van der Waals surface area contributed by atoms with E-state index in [0.717, 1.165) is 41.6 Å². The number of hydrogen-bond donors (Lipinski definition) is 1. The van der Waals surface area contributed by atoms with Gasteiger partial charge in [-0.15, -0.1) is 0 Å². The van der Waals surface area contributed by atoms with Gasteiger partial charge in [0.2, 0.25) is 5.79 Å². The normalized spacial score (nSPS) is 20.6. The summed E-state index contributed by atoms with van der Waals surface area (Å²) in [5.41, 5.74) is 0.156. The molecule has 0 spiro atoms. The average molecular weight is 507 g/mol. The lowest BCUT2D eigenvalue weighted by molar-refractivity contribution is -0.169. The lowest BCUT2D eigenvalue weighted by atomic mass is 9.88. The van der Waals surface area contributed by atoms with E-state index in [-0.39, 0.29) is 6.42 Å². The summed E-state index contributed by atoms with van der Waals surface area (Å²) in [5.74, 6) is -0.401. The van der Waals surface area contributed by atoms with Crippen LogP contribution in [-0.4, -0.2) is 52.1 Å². The number of rotatable bonds is 9. The Kier molecular flexibility index (Phi) is 8.11. The Balaban J connectivity index is 2.05. The molecule has 194 valence electrons. The Morgan fingerprint density at radius 1 is 1.31 bits per heavy atom. The first-order valence-corrected chi connectivity index (χ1v) is 13.5. The molecule has 2 atom stereocenters. The van der Waals surface area contributed by atoms with Gasteiger partial charge in [0, 0.05) is 49.6 Å². The maximum Gasteiger partial charge on any atom is 0.408 e. The van der Waals surface area contributed by atoms with Crippen molar-refractivity contribution in [3.8, 4) is 0 Å². The van der Waals surface area contributed by atoms with Crippen LogP contribution in [0.25, 0.3) is 11.0 Å². The Bertz CT molecular complexity index is 1070. The zero-order chi connectivity index (χ0) is 26.0. The van der Waals surface area contributed by atoms with E-state index in [1.807, 2.05) is 19.2 Å². The second kappa shape index (κ2) is 10.4. The third kappa shape index (κ3) is 6.30. The maximum atomic E-state index is 13.4. The number of cyclic esters (lactones) is 1. The molecule has 0 aromatic carbocycles. The highest BCUT2D eigenvalue weighted by molar-refractivity contribution is 7.98. The van der Waals surface area contributed by atoms with E-state index in [1.165, 1.54) is 11.8 Å². The number of aromatic nitrogens is 1. The van der Waals surface area contributed by atoms with Crippen LogP contribution in [0.15, 0.2) is 16.7 Å². The fourth-order valence-corrected chi connectivity index (χ4v) is 4.97. The summed E-state index contributed by atoms with van der Waals surface area (Å²) < 4.78 is 23.6. The molecule has 1 aliphatic heterocycles. The number of nitrogens with zero attached hydrogens (tertiary/aromatic N) is 1. The Labute approximate surface area is 211 Å². The van der Waals surface area contributed by atoms with Gasteiger partial charge < -0.3 is 23.9 Å². The van der Waals surface area contributed by atoms with Crippen molar-refractivity contribution in [2.45, 2.75) is 97.2 Å². The van der Waals surface area contributed by atoms with E-state index < -0.39 is 35.1 Å². The molecule has 9 heteroatoms. The van der Waals surface area contributed by atoms with E-state index in [0.29, 0.717) is 11.4 Å². The topological polar surface area (TPSA) is 99.9 Å². The fraction of sp³-hybridized carbons (Fsp3) is 0.654. The summed E-state index contributed by atoms with van der Waals surface area (Å²) in [6, 6.07) is 1.29. The van der Waals surface area contributed by atoms with Crippen molar-refractivity contribution < 1.29 is 28.2 Å². The highest BCUT2D eigenvalue weighted by Gasteiger charge is 2.59. The van der Waals surface area contributed by atoms with Crippen LogP contribution in [0.5, 0.6) is 0 Å². The van der Waals surface area contributed by atoms with Crippen molar-refractivity contribution in [2.24, 2.45) is 0 Å². The molecule has 3 rings (SSSR count). The van der Waals surface area contributed by atoms with Crippen molar-refractivity contribution in [1.29, 1.82) is 0 Å². The van der Waals surface area contributed by atoms with Gasteiger partial charge in [-0.25, -0.2) is 9.59 Å². The first-order chi connectivity index (χ1) is 16.3. The van der Waals surface area contributed by atoms with Gasteiger partial charge in [0.1, 0.15) is 16.9 Å². The Morgan fingerprint density at radius 3 is 2.60 bits per heavy atom. The summed E-state index contributed by atoms with van der Waals surface area (Å²) in [7, 11) is 0. The predicted molar refractivity (Wildman–Crippen MR) is 137 cm³/mol. The highest BCUT2D eigenvalue weighted by Crippen LogP contribution is 2.40. The number of esters is 1. The molecule has 0 aliphatic carbocycles. The zero-order valence-electron chi connectivity index (χ0n) is 22.1. The number of aryl methyl sites for hydroxylation is 2. The lowest BCUT2D eigenvalue weighted by Gasteiger charge is -2.34. The zero-order valence-corrected chi connectivity index (χ0v) is 22.9. The number of carbonyl (C=O) groups is 2. The number of amides is 1. The SMILES string of the molecule is CCCCc1cc2c(C[C@]3([C@H](CSC)NC(=O)OC(C)(C)C)OC(C)(C)OC3=O)ncc(C)c2o1. The van der Waals surface area contributed by atoms with Crippen LogP contribution in [0.1, 0.15) is 71.4 Å². The van der Waals surface area contributed by atoms with Crippen LogP contribution in [-0.2, 0) is 31.8 Å². The van der Waals surface area contributed by atoms with Crippen molar-refractivity contribution in [2.75, 3.05) is 12.0 Å². The number of furan rings is 1. The van der Waals surface area contributed by atoms with E-state index in [4.69, 9.17) is 18.6 Å². The monoisotopic (exact) mass is 506 g/mol. The molecule has 0 unspecified atom stereocenters. The van der Waals surface area contributed by atoms with Gasteiger partial charge in [-0.05, 0) is 46.4 Å². The van der Waals surface area contributed by atoms with Gasteiger partial charge in [-0.1, -0.05) is 13.3 Å². The summed E-state index contributed by atoms with van der Waals surface area (Å²) in [4.78, 5) is 30.9. The van der Waals surface area contributed by atoms with E-state index in [9.17, 15) is 9.59 Å². The minimum Gasteiger partial charge on any atom is -0.461 e. The number of nitrogens with one attached hydrogen (secondary N) is 1. The van der Waals surface area contributed by atoms with Crippen molar-refractivity contribution >= 4 is 34.8 Å². The Hall–Kier alpha value is -2.26. The smallest absolute Gasteiger partial charge is 0.408 e. The van der Waals surface area contributed by atoms with Gasteiger partial charge in [0.25, 0.3) is 0 Å². The molecule has 1 amide bonds. The van der Waals surface area contributed by atoms with Gasteiger partial charge in [0.05, 0.1) is 11.7 Å². The number of unbranched alkanes of at least 4 members (excludes halogenated alkanes) is 1. The quantitative estimate of drug-likeness (QED) is 0.456. The molecule has 35 heavy (non-hydrogen) atoms. The first-order valence-electron chi connectivity index (χ1n) is 12.1. The second-order valence-electron chi connectivity index (χ2n) is 10.6. The molecule has 1 saturated heterocycles. The molecule has 0 radical (unpaired) electrons. The van der Waals surface area contributed by atoms with Crippen LogP contribution >= 0.6 is 11.8 Å². The third-order valence-electron chi connectivity index (χ3n) is 5.77. The molecular weight excluding hydrogens is 468 g/mol.